The second kappa shape index (κ2) is 13.1. The minimum atomic E-state index is -0.762. The third kappa shape index (κ3) is 5.96. The largest absolute Gasteiger partial charge is 0.394 e. The molecule has 0 aromatic rings. The second-order valence-electron chi connectivity index (χ2n) is 14.8. The number of thioether (sulfide) groups is 1. The van der Waals surface area contributed by atoms with E-state index in [1.807, 2.05) is 30.6 Å². The first-order chi connectivity index (χ1) is 19.6. The summed E-state index contributed by atoms with van der Waals surface area (Å²) in [5, 5.41) is 10.7. The quantitative estimate of drug-likeness (QED) is 0.270. The van der Waals surface area contributed by atoms with Crippen LogP contribution in [0.2, 0.25) is 0 Å². The standard InChI is InChI=1S/C34H57N3O4S/c1-12-16-35(17-13-2)29(39)26-25-19-23(6)34(42-25)27(26)30(40)37(24(20-38)22(5)15-4)28(34)31(41)36(18-14-3)33(10,11)21-32(7,8)9/h12,14,22-28,38H,1,3,13,15-21H2,2,4-11H3/t22-,23?,24-,25-,26+,27-,28?,34?/m0/s1. The summed E-state index contributed by atoms with van der Waals surface area (Å²) in [5.74, 6) is -1.27. The van der Waals surface area contributed by atoms with Crippen LogP contribution in [-0.4, -0.2) is 91.4 Å². The van der Waals surface area contributed by atoms with E-state index >= 15 is 4.79 Å². The van der Waals surface area contributed by atoms with Gasteiger partial charge in [0.1, 0.15) is 6.04 Å². The number of hydrogen-bond donors (Lipinski definition) is 1. The van der Waals surface area contributed by atoms with Crippen LogP contribution in [0.5, 0.6) is 0 Å². The molecule has 3 rings (SSSR count). The first-order valence-electron chi connectivity index (χ1n) is 16.0. The highest BCUT2D eigenvalue weighted by Gasteiger charge is 2.77. The molecule has 3 heterocycles. The first-order valence-corrected chi connectivity index (χ1v) is 16.9. The smallest absolute Gasteiger partial charge is 0.247 e. The maximum absolute atomic E-state index is 15.1. The molecule has 0 aliphatic carbocycles. The van der Waals surface area contributed by atoms with Crippen LogP contribution in [0, 0.1) is 29.1 Å². The van der Waals surface area contributed by atoms with Crippen molar-refractivity contribution in [1.29, 1.82) is 0 Å². The molecule has 0 saturated carbocycles. The second-order valence-corrected chi connectivity index (χ2v) is 16.3. The molecule has 3 fully saturated rings. The van der Waals surface area contributed by atoms with Crippen molar-refractivity contribution in [3.8, 4) is 0 Å². The van der Waals surface area contributed by atoms with E-state index in [9.17, 15) is 14.7 Å². The van der Waals surface area contributed by atoms with Crippen LogP contribution in [0.25, 0.3) is 0 Å². The average Bonchev–Trinajstić information content (AvgIpc) is 3.49. The Morgan fingerprint density at radius 1 is 1.14 bits per heavy atom. The van der Waals surface area contributed by atoms with Gasteiger partial charge in [-0.25, -0.2) is 0 Å². The van der Waals surface area contributed by atoms with Gasteiger partial charge in [0.05, 0.1) is 29.2 Å². The molecule has 3 saturated heterocycles. The summed E-state index contributed by atoms with van der Waals surface area (Å²) in [6.45, 7) is 28.0. The molecule has 1 N–H and O–H groups in total. The van der Waals surface area contributed by atoms with E-state index in [4.69, 9.17) is 0 Å². The van der Waals surface area contributed by atoms with Crippen molar-refractivity contribution < 1.29 is 19.5 Å². The third-order valence-electron chi connectivity index (χ3n) is 9.97. The Morgan fingerprint density at radius 3 is 2.26 bits per heavy atom. The number of likely N-dealkylation sites (tertiary alicyclic amines) is 1. The molecule has 3 unspecified atom stereocenters. The fourth-order valence-electron chi connectivity index (χ4n) is 8.43. The summed E-state index contributed by atoms with van der Waals surface area (Å²) in [7, 11) is 0. The molecule has 0 aromatic heterocycles. The normalized spacial score (nSPS) is 30.2. The molecule has 1 spiro atoms. The van der Waals surface area contributed by atoms with Gasteiger partial charge in [-0.15, -0.1) is 24.9 Å². The minimum Gasteiger partial charge on any atom is -0.394 e. The monoisotopic (exact) mass is 603 g/mol. The molecule has 3 aliphatic heterocycles. The number of rotatable bonds is 14. The number of amides is 3. The van der Waals surface area contributed by atoms with E-state index in [2.05, 4.69) is 54.7 Å². The molecule has 3 amide bonds. The van der Waals surface area contributed by atoms with Crippen molar-refractivity contribution in [2.45, 2.75) is 116 Å². The highest BCUT2D eigenvalue weighted by Crippen LogP contribution is 2.69. The van der Waals surface area contributed by atoms with Gasteiger partial charge in [0, 0.05) is 30.4 Å². The summed E-state index contributed by atoms with van der Waals surface area (Å²) < 4.78 is -0.733. The molecule has 42 heavy (non-hydrogen) atoms. The van der Waals surface area contributed by atoms with Crippen molar-refractivity contribution in [2.75, 3.05) is 26.2 Å². The zero-order valence-corrected chi connectivity index (χ0v) is 28.5. The lowest BCUT2D eigenvalue weighted by Gasteiger charge is -2.48. The van der Waals surface area contributed by atoms with Crippen LogP contribution in [-0.2, 0) is 14.4 Å². The maximum atomic E-state index is 15.1. The lowest BCUT2D eigenvalue weighted by atomic mass is 9.65. The molecule has 8 atom stereocenters. The molecule has 2 bridgehead atoms. The summed E-state index contributed by atoms with van der Waals surface area (Å²) in [6, 6.07) is -1.27. The lowest BCUT2D eigenvalue weighted by molar-refractivity contribution is -0.150. The molecule has 3 aliphatic rings. The Bertz CT molecular complexity index is 1040. The highest BCUT2D eigenvalue weighted by atomic mass is 32.2. The van der Waals surface area contributed by atoms with Crippen molar-refractivity contribution in [3.63, 3.8) is 0 Å². The number of carbonyl (C=O) groups is 3. The van der Waals surface area contributed by atoms with Crippen LogP contribution in [0.15, 0.2) is 25.3 Å². The van der Waals surface area contributed by atoms with Gasteiger partial charge in [0.25, 0.3) is 0 Å². The first kappa shape index (κ1) is 34.7. The summed E-state index contributed by atoms with van der Waals surface area (Å²) in [6.07, 6.45) is 6.65. The van der Waals surface area contributed by atoms with Gasteiger partial charge in [-0.3, -0.25) is 14.4 Å². The van der Waals surface area contributed by atoms with Crippen molar-refractivity contribution in [3.05, 3.63) is 25.3 Å². The molecule has 7 nitrogen and oxygen atoms in total. The van der Waals surface area contributed by atoms with E-state index in [0.717, 1.165) is 25.7 Å². The zero-order valence-electron chi connectivity index (χ0n) is 27.7. The average molecular weight is 604 g/mol. The van der Waals surface area contributed by atoms with Crippen LogP contribution in [0.1, 0.15) is 88.0 Å². The number of fused-ring (bicyclic) bond motifs is 1. The third-order valence-corrected chi connectivity index (χ3v) is 12.0. The molecule has 0 aromatic carbocycles. The van der Waals surface area contributed by atoms with E-state index in [-0.39, 0.29) is 46.8 Å². The van der Waals surface area contributed by atoms with Gasteiger partial charge in [-0.05, 0) is 50.4 Å². The fraction of sp³-hybridized carbons (Fsp3) is 0.794. The molecule has 238 valence electrons. The Hall–Kier alpha value is -1.80. The zero-order chi connectivity index (χ0) is 31.8. The number of hydrogen-bond acceptors (Lipinski definition) is 5. The Kier molecular flexibility index (Phi) is 10.8. The number of nitrogens with zero attached hydrogens (tertiary/aromatic N) is 3. The predicted octanol–water partition coefficient (Wildman–Crippen LogP) is 5.38. The van der Waals surface area contributed by atoms with E-state index in [1.54, 1.807) is 28.8 Å². The van der Waals surface area contributed by atoms with Crippen molar-refractivity contribution in [2.24, 2.45) is 29.1 Å². The van der Waals surface area contributed by atoms with Gasteiger partial charge < -0.3 is 19.8 Å². The van der Waals surface area contributed by atoms with Crippen LogP contribution in [0.4, 0.5) is 0 Å². The SMILES string of the molecule is C=CCN(CCC)C(=O)[C@@H]1[C@@H]2CC(C)C3(S2)C(C(=O)N(CC=C)C(C)(C)CC(C)(C)C)N([C@@H](CO)[C@@H](C)CC)C(=O)[C@H]13. The van der Waals surface area contributed by atoms with Gasteiger partial charge in [-0.2, -0.15) is 0 Å². The number of aliphatic hydroxyl groups is 1. The Morgan fingerprint density at radius 2 is 1.76 bits per heavy atom. The lowest BCUT2D eigenvalue weighted by Crippen LogP contribution is -2.63. The molecular weight excluding hydrogens is 546 g/mol. The maximum Gasteiger partial charge on any atom is 0.247 e. The fourth-order valence-corrected chi connectivity index (χ4v) is 10.8. The highest BCUT2D eigenvalue weighted by molar-refractivity contribution is 8.02. The number of aliphatic hydroxyl groups excluding tert-OH is 1. The minimum absolute atomic E-state index is 0.00507. The number of carbonyl (C=O) groups excluding carboxylic acids is 3. The summed E-state index contributed by atoms with van der Waals surface area (Å²) in [5.41, 5.74) is -0.529. The van der Waals surface area contributed by atoms with Gasteiger partial charge in [-0.1, -0.05) is 67.0 Å². The van der Waals surface area contributed by atoms with E-state index in [1.165, 1.54) is 0 Å². The van der Waals surface area contributed by atoms with Gasteiger partial charge in [0.2, 0.25) is 17.7 Å². The molecule has 8 heteroatoms. The van der Waals surface area contributed by atoms with Crippen molar-refractivity contribution >= 4 is 29.5 Å². The van der Waals surface area contributed by atoms with Crippen LogP contribution >= 0.6 is 11.8 Å². The molecule has 0 radical (unpaired) electrons. The van der Waals surface area contributed by atoms with Crippen molar-refractivity contribution in [1.82, 2.24) is 14.7 Å². The van der Waals surface area contributed by atoms with E-state index < -0.39 is 34.2 Å². The van der Waals surface area contributed by atoms with Gasteiger partial charge >= 0.3 is 0 Å². The molecular formula is C34H57N3O4S. The Labute approximate surface area is 259 Å². The predicted molar refractivity (Wildman–Crippen MR) is 173 cm³/mol. The Balaban J connectivity index is 2.22. The topological polar surface area (TPSA) is 81.2 Å². The summed E-state index contributed by atoms with van der Waals surface area (Å²) in [4.78, 5) is 49.6. The van der Waals surface area contributed by atoms with Crippen LogP contribution in [0.3, 0.4) is 0 Å². The van der Waals surface area contributed by atoms with Crippen LogP contribution < -0.4 is 0 Å². The van der Waals surface area contributed by atoms with E-state index in [0.29, 0.717) is 19.6 Å². The summed E-state index contributed by atoms with van der Waals surface area (Å²) >= 11 is 1.71. The van der Waals surface area contributed by atoms with Gasteiger partial charge in [0.15, 0.2) is 0 Å².